The molecule has 1 aliphatic rings. The molecule has 3 aromatic carbocycles. The second-order valence-electron chi connectivity index (χ2n) is 10.1. The molecular formula is C31H37N3O4S2. The zero-order valence-electron chi connectivity index (χ0n) is 23.2. The lowest BCUT2D eigenvalue weighted by atomic mass is 10.2. The van der Waals surface area contributed by atoms with Crippen LogP contribution >= 0.6 is 0 Å². The van der Waals surface area contributed by atoms with Crippen molar-refractivity contribution >= 4 is 20.0 Å². The summed E-state index contributed by atoms with van der Waals surface area (Å²) in [6.07, 6.45) is 1.26. The van der Waals surface area contributed by atoms with Crippen molar-refractivity contribution in [1.29, 1.82) is 0 Å². The Hall–Kier alpha value is -3.00. The summed E-state index contributed by atoms with van der Waals surface area (Å²) in [7, 11) is -7.52. The molecule has 0 fully saturated rings. The smallest absolute Gasteiger partial charge is 0.243 e. The molecule has 0 aromatic heterocycles. The van der Waals surface area contributed by atoms with E-state index in [4.69, 9.17) is 0 Å². The lowest BCUT2D eigenvalue weighted by Crippen LogP contribution is -2.36. The maximum atomic E-state index is 13.5. The Kier molecular flexibility index (Phi) is 10.2. The third kappa shape index (κ3) is 7.80. The Morgan fingerprint density at radius 2 is 1.02 bits per heavy atom. The maximum absolute atomic E-state index is 13.5. The van der Waals surface area contributed by atoms with E-state index >= 15 is 0 Å². The van der Waals surface area contributed by atoms with Crippen LogP contribution in [0.5, 0.6) is 0 Å². The molecule has 1 heterocycles. The van der Waals surface area contributed by atoms with Crippen molar-refractivity contribution in [2.24, 2.45) is 0 Å². The summed E-state index contributed by atoms with van der Waals surface area (Å²) in [6, 6.07) is 23.7. The summed E-state index contributed by atoms with van der Waals surface area (Å²) < 4.78 is 56.9. The van der Waals surface area contributed by atoms with Crippen LogP contribution in [0.1, 0.15) is 29.5 Å². The van der Waals surface area contributed by atoms with Gasteiger partial charge in [0.2, 0.25) is 20.0 Å². The summed E-state index contributed by atoms with van der Waals surface area (Å²) in [5.41, 5.74) is 3.12. The SMILES string of the molecule is Cc1ccc(S(=O)(=O)N2CC#CCN(S(=O)(=O)c3ccc(C)cc3)CCCN(Cc3ccccc3)CCC2)cc1. The molecule has 7 nitrogen and oxygen atoms in total. The molecule has 0 unspecified atom stereocenters. The third-order valence-electron chi connectivity index (χ3n) is 6.97. The first-order valence-corrected chi connectivity index (χ1v) is 16.4. The molecule has 0 amide bonds. The van der Waals surface area contributed by atoms with Crippen molar-refractivity contribution in [2.75, 3.05) is 39.3 Å². The van der Waals surface area contributed by atoms with E-state index < -0.39 is 20.0 Å². The van der Waals surface area contributed by atoms with E-state index in [0.29, 0.717) is 45.6 Å². The fourth-order valence-corrected chi connectivity index (χ4v) is 7.39. The first kappa shape index (κ1) is 30.0. The normalized spacial score (nSPS) is 17.1. The van der Waals surface area contributed by atoms with Crippen LogP contribution in [0.25, 0.3) is 0 Å². The van der Waals surface area contributed by atoms with Crippen LogP contribution < -0.4 is 0 Å². The molecule has 3 aromatic rings. The highest BCUT2D eigenvalue weighted by Gasteiger charge is 2.26. The predicted molar refractivity (Wildman–Crippen MR) is 159 cm³/mol. The van der Waals surface area contributed by atoms with Gasteiger partial charge in [0.15, 0.2) is 0 Å². The highest BCUT2D eigenvalue weighted by Crippen LogP contribution is 2.19. The molecule has 0 spiro atoms. The summed E-state index contributed by atoms with van der Waals surface area (Å²) in [5.74, 6) is 5.90. The minimum Gasteiger partial charge on any atom is -0.299 e. The van der Waals surface area contributed by atoms with E-state index in [1.807, 2.05) is 32.0 Å². The van der Waals surface area contributed by atoms with Gasteiger partial charge in [-0.05, 0) is 69.6 Å². The third-order valence-corrected chi connectivity index (χ3v) is 10.7. The molecule has 0 bridgehead atoms. The summed E-state index contributed by atoms with van der Waals surface area (Å²) in [4.78, 5) is 2.73. The number of hydrogen-bond donors (Lipinski definition) is 0. The van der Waals surface area contributed by atoms with Gasteiger partial charge in [-0.1, -0.05) is 77.6 Å². The Morgan fingerprint density at radius 1 is 0.600 bits per heavy atom. The lowest BCUT2D eigenvalue weighted by molar-refractivity contribution is 0.244. The molecule has 0 radical (unpaired) electrons. The van der Waals surface area contributed by atoms with E-state index in [2.05, 4.69) is 28.9 Å². The highest BCUT2D eigenvalue weighted by atomic mass is 32.2. The molecule has 0 saturated carbocycles. The van der Waals surface area contributed by atoms with Gasteiger partial charge < -0.3 is 0 Å². The Balaban J connectivity index is 1.61. The molecule has 0 N–H and O–H groups in total. The van der Waals surface area contributed by atoms with Gasteiger partial charge in [-0.3, -0.25) is 4.90 Å². The van der Waals surface area contributed by atoms with Crippen LogP contribution in [0.2, 0.25) is 0 Å². The summed E-state index contributed by atoms with van der Waals surface area (Å²) >= 11 is 0. The topological polar surface area (TPSA) is 78.0 Å². The Morgan fingerprint density at radius 3 is 1.45 bits per heavy atom. The van der Waals surface area contributed by atoms with Crippen molar-refractivity contribution in [2.45, 2.75) is 43.0 Å². The fraction of sp³-hybridized carbons (Fsp3) is 0.355. The van der Waals surface area contributed by atoms with Crippen LogP contribution in [-0.4, -0.2) is 69.6 Å². The van der Waals surface area contributed by atoms with Gasteiger partial charge in [-0.25, -0.2) is 16.8 Å². The average molecular weight is 580 g/mol. The first-order chi connectivity index (χ1) is 19.2. The molecule has 0 aliphatic carbocycles. The molecular weight excluding hydrogens is 542 g/mol. The van der Waals surface area contributed by atoms with E-state index in [0.717, 1.165) is 16.7 Å². The summed E-state index contributed by atoms with van der Waals surface area (Å²) in [6.45, 7) is 6.51. The van der Waals surface area contributed by atoms with Gasteiger partial charge in [0.25, 0.3) is 0 Å². The minimum absolute atomic E-state index is 0.00663. The van der Waals surface area contributed by atoms with Crippen molar-refractivity contribution < 1.29 is 16.8 Å². The van der Waals surface area contributed by atoms with Gasteiger partial charge in [-0.15, -0.1) is 0 Å². The van der Waals surface area contributed by atoms with E-state index in [1.54, 1.807) is 48.5 Å². The number of rotatable bonds is 6. The number of hydrogen-bond acceptors (Lipinski definition) is 5. The number of benzene rings is 3. The highest BCUT2D eigenvalue weighted by molar-refractivity contribution is 7.89. The van der Waals surface area contributed by atoms with Gasteiger partial charge in [0.05, 0.1) is 22.9 Å². The fourth-order valence-electron chi connectivity index (χ4n) is 4.63. The summed E-state index contributed by atoms with van der Waals surface area (Å²) in [5, 5.41) is 0. The van der Waals surface area contributed by atoms with E-state index in [-0.39, 0.29) is 22.9 Å². The molecule has 0 saturated heterocycles. The van der Waals surface area contributed by atoms with Gasteiger partial charge in [0, 0.05) is 19.6 Å². The zero-order valence-corrected chi connectivity index (χ0v) is 24.8. The van der Waals surface area contributed by atoms with Crippen molar-refractivity contribution in [1.82, 2.24) is 13.5 Å². The van der Waals surface area contributed by atoms with Gasteiger partial charge >= 0.3 is 0 Å². The minimum atomic E-state index is -3.76. The molecule has 9 heteroatoms. The van der Waals surface area contributed by atoms with E-state index in [9.17, 15) is 16.8 Å². The zero-order chi connectivity index (χ0) is 28.6. The number of sulfonamides is 2. The van der Waals surface area contributed by atoms with Gasteiger partial charge in [-0.2, -0.15) is 8.61 Å². The van der Waals surface area contributed by atoms with Crippen LogP contribution in [0.15, 0.2) is 88.7 Å². The van der Waals surface area contributed by atoms with Crippen LogP contribution in [-0.2, 0) is 26.6 Å². The molecule has 40 heavy (non-hydrogen) atoms. The molecule has 0 atom stereocenters. The Bertz CT molecular complexity index is 1430. The first-order valence-electron chi connectivity index (χ1n) is 13.5. The van der Waals surface area contributed by atoms with Crippen LogP contribution in [0.4, 0.5) is 0 Å². The van der Waals surface area contributed by atoms with Crippen molar-refractivity contribution in [3.8, 4) is 11.8 Å². The quantitative estimate of drug-likeness (QED) is 0.408. The number of nitrogens with zero attached hydrogens (tertiary/aromatic N) is 3. The molecule has 1 aliphatic heterocycles. The van der Waals surface area contributed by atoms with Crippen LogP contribution in [0, 0.1) is 25.7 Å². The maximum Gasteiger partial charge on any atom is 0.243 e. The lowest BCUT2D eigenvalue weighted by Gasteiger charge is -2.26. The van der Waals surface area contributed by atoms with Crippen molar-refractivity contribution in [3.05, 3.63) is 95.6 Å². The average Bonchev–Trinajstić information content (AvgIpc) is 2.95. The van der Waals surface area contributed by atoms with E-state index in [1.165, 1.54) is 8.61 Å². The monoisotopic (exact) mass is 579 g/mol. The molecule has 212 valence electrons. The number of aryl methyl sites for hydroxylation is 2. The van der Waals surface area contributed by atoms with Crippen LogP contribution in [0.3, 0.4) is 0 Å². The second-order valence-corrected chi connectivity index (χ2v) is 14.0. The molecule has 4 rings (SSSR count). The predicted octanol–water partition coefficient (Wildman–Crippen LogP) is 4.28. The van der Waals surface area contributed by atoms with Crippen molar-refractivity contribution in [3.63, 3.8) is 0 Å². The standard InChI is InChI=1S/C31H37N3O4S2/c1-27-12-16-30(17-13-27)39(35,36)33-22-6-7-23-34(40(37,38)31-18-14-28(2)15-19-31)25-9-21-32(20-8-24-33)26-29-10-4-3-5-11-29/h3-5,10-19H,8-9,20-26H2,1-2H3. The largest absolute Gasteiger partial charge is 0.299 e. The van der Waals surface area contributed by atoms with Gasteiger partial charge in [0.1, 0.15) is 0 Å². The second kappa shape index (κ2) is 13.6. The Labute approximate surface area is 239 Å².